The molecule has 0 saturated carbocycles. The predicted molar refractivity (Wildman–Crippen MR) is 74.5 cm³/mol. The van der Waals surface area contributed by atoms with Crippen molar-refractivity contribution in [2.24, 2.45) is 0 Å². The summed E-state index contributed by atoms with van der Waals surface area (Å²) in [6.45, 7) is 6.22. The lowest BCUT2D eigenvalue weighted by molar-refractivity contribution is -0.117. The Kier molecular flexibility index (Phi) is 5.62. The first kappa shape index (κ1) is 14.8. The normalized spacial score (nSPS) is 11.0. The average molecular weight is 258 g/mol. The van der Waals surface area contributed by atoms with Gasteiger partial charge >= 0.3 is 0 Å². The highest BCUT2D eigenvalue weighted by Crippen LogP contribution is 2.14. The Morgan fingerprint density at radius 1 is 1.42 bits per heavy atom. The number of carbonyl (C=O) groups excluding carboxylic acids is 1. The highest BCUT2D eigenvalue weighted by atomic mass is 16.5. The second-order valence-corrected chi connectivity index (χ2v) is 4.30. The van der Waals surface area contributed by atoms with Crippen LogP contribution in [0.4, 0.5) is 0 Å². The number of nitrogens with one attached hydrogen (secondary N) is 1. The minimum Gasteiger partial charge on any atom is -0.494 e. The highest BCUT2D eigenvalue weighted by Gasteiger charge is 2.09. The third-order valence-electron chi connectivity index (χ3n) is 2.29. The van der Waals surface area contributed by atoms with Crippen LogP contribution in [-0.2, 0) is 4.79 Å². The fraction of sp³-hybridized carbons (Fsp3) is 0.333. The van der Waals surface area contributed by atoms with Gasteiger partial charge in [0, 0.05) is 6.04 Å². The molecule has 0 aromatic heterocycles. The molecule has 0 saturated heterocycles. The van der Waals surface area contributed by atoms with Crippen molar-refractivity contribution in [2.75, 3.05) is 6.61 Å². The minimum absolute atomic E-state index is 0.00424. The Morgan fingerprint density at radius 2 is 2.05 bits per heavy atom. The molecular formula is C15H18N2O2. The molecule has 1 aromatic carbocycles. The van der Waals surface area contributed by atoms with E-state index in [1.54, 1.807) is 6.08 Å². The number of rotatable bonds is 5. The van der Waals surface area contributed by atoms with E-state index < -0.39 is 0 Å². The topological polar surface area (TPSA) is 62.1 Å². The molecule has 0 heterocycles. The monoisotopic (exact) mass is 258 g/mol. The summed E-state index contributed by atoms with van der Waals surface area (Å²) < 4.78 is 5.33. The lowest BCUT2D eigenvalue weighted by Gasteiger charge is -2.07. The smallest absolute Gasteiger partial charge is 0.262 e. The van der Waals surface area contributed by atoms with Crippen LogP contribution < -0.4 is 10.1 Å². The van der Waals surface area contributed by atoms with Gasteiger partial charge in [0.2, 0.25) is 0 Å². The van der Waals surface area contributed by atoms with Crippen molar-refractivity contribution in [3.63, 3.8) is 0 Å². The molecular weight excluding hydrogens is 240 g/mol. The van der Waals surface area contributed by atoms with E-state index in [-0.39, 0.29) is 17.5 Å². The number of nitriles is 1. The molecule has 0 radical (unpaired) electrons. The highest BCUT2D eigenvalue weighted by molar-refractivity contribution is 6.01. The van der Waals surface area contributed by atoms with E-state index in [9.17, 15) is 4.79 Å². The van der Waals surface area contributed by atoms with Gasteiger partial charge in [0.15, 0.2) is 0 Å². The summed E-state index contributed by atoms with van der Waals surface area (Å²) in [7, 11) is 0. The minimum atomic E-state index is -0.355. The Morgan fingerprint density at radius 3 is 2.53 bits per heavy atom. The van der Waals surface area contributed by atoms with Crippen LogP contribution >= 0.6 is 0 Å². The maximum Gasteiger partial charge on any atom is 0.262 e. The SMILES string of the molecule is CCOc1ccc(/C=C(\C#N)C(=O)NC(C)C)cc1. The van der Waals surface area contributed by atoms with Gasteiger partial charge in [-0.1, -0.05) is 12.1 Å². The Balaban J connectivity index is 2.86. The van der Waals surface area contributed by atoms with Gasteiger partial charge in [-0.3, -0.25) is 4.79 Å². The first-order chi connectivity index (χ1) is 9.06. The number of ether oxygens (including phenoxy) is 1. The maximum atomic E-state index is 11.7. The van der Waals surface area contributed by atoms with Gasteiger partial charge in [-0.15, -0.1) is 0 Å². The molecule has 0 aliphatic rings. The van der Waals surface area contributed by atoms with Crippen LogP contribution in [0.2, 0.25) is 0 Å². The summed E-state index contributed by atoms with van der Waals surface area (Å²) in [6.07, 6.45) is 1.56. The Hall–Kier alpha value is -2.28. The van der Waals surface area contributed by atoms with Crippen molar-refractivity contribution in [1.29, 1.82) is 5.26 Å². The number of hydrogen-bond acceptors (Lipinski definition) is 3. The molecule has 4 heteroatoms. The molecule has 0 bridgehead atoms. The van der Waals surface area contributed by atoms with Crippen LogP contribution in [0.3, 0.4) is 0 Å². The van der Waals surface area contributed by atoms with Gasteiger partial charge in [-0.05, 0) is 44.5 Å². The lowest BCUT2D eigenvalue weighted by Crippen LogP contribution is -2.30. The van der Waals surface area contributed by atoms with Crippen molar-refractivity contribution in [2.45, 2.75) is 26.8 Å². The number of carbonyl (C=O) groups is 1. The Bertz CT molecular complexity index is 496. The molecule has 0 atom stereocenters. The van der Waals surface area contributed by atoms with Crippen LogP contribution in [0, 0.1) is 11.3 Å². The number of benzene rings is 1. The van der Waals surface area contributed by atoms with E-state index in [1.165, 1.54) is 0 Å². The lowest BCUT2D eigenvalue weighted by atomic mass is 10.1. The first-order valence-electron chi connectivity index (χ1n) is 6.22. The van der Waals surface area contributed by atoms with Crippen molar-refractivity contribution in [1.82, 2.24) is 5.32 Å². The van der Waals surface area contributed by atoms with Crippen molar-refractivity contribution in [3.8, 4) is 11.8 Å². The summed E-state index contributed by atoms with van der Waals surface area (Å²) in [5.74, 6) is 0.413. The van der Waals surface area contributed by atoms with E-state index in [0.717, 1.165) is 11.3 Å². The second kappa shape index (κ2) is 7.22. The quantitative estimate of drug-likeness (QED) is 0.652. The van der Waals surface area contributed by atoms with Gasteiger partial charge in [0.25, 0.3) is 5.91 Å². The molecule has 100 valence electrons. The van der Waals surface area contributed by atoms with Gasteiger partial charge in [0.05, 0.1) is 6.61 Å². The molecule has 0 unspecified atom stereocenters. The molecule has 1 rings (SSSR count). The standard InChI is InChI=1S/C15H18N2O2/c1-4-19-14-7-5-12(6-8-14)9-13(10-16)15(18)17-11(2)3/h5-9,11H,4H2,1-3H3,(H,17,18)/b13-9+. The molecule has 0 aliphatic carbocycles. The molecule has 1 amide bonds. The van der Waals surface area contributed by atoms with Gasteiger partial charge in [0.1, 0.15) is 17.4 Å². The summed E-state index contributed by atoms with van der Waals surface area (Å²) >= 11 is 0. The van der Waals surface area contributed by atoms with E-state index in [4.69, 9.17) is 10.00 Å². The summed E-state index contributed by atoms with van der Waals surface area (Å²) in [4.78, 5) is 11.7. The van der Waals surface area contributed by atoms with E-state index in [2.05, 4.69) is 5.32 Å². The first-order valence-corrected chi connectivity index (χ1v) is 6.22. The maximum absolute atomic E-state index is 11.7. The summed E-state index contributed by atoms with van der Waals surface area (Å²) in [6, 6.07) is 9.16. The molecule has 0 aliphatic heterocycles. The van der Waals surface area contributed by atoms with Crippen LogP contribution in [0.1, 0.15) is 26.3 Å². The van der Waals surface area contributed by atoms with Crippen LogP contribution in [0.15, 0.2) is 29.8 Å². The van der Waals surface area contributed by atoms with Crippen LogP contribution in [-0.4, -0.2) is 18.6 Å². The molecule has 19 heavy (non-hydrogen) atoms. The average Bonchev–Trinajstić information content (AvgIpc) is 2.37. The van der Waals surface area contributed by atoms with Gasteiger partial charge in [-0.2, -0.15) is 5.26 Å². The van der Waals surface area contributed by atoms with Crippen molar-refractivity contribution in [3.05, 3.63) is 35.4 Å². The number of nitrogens with zero attached hydrogens (tertiary/aromatic N) is 1. The Labute approximate surface area is 113 Å². The third kappa shape index (κ3) is 4.84. The zero-order valence-corrected chi connectivity index (χ0v) is 11.4. The zero-order valence-electron chi connectivity index (χ0n) is 11.4. The molecule has 1 aromatic rings. The van der Waals surface area contributed by atoms with Gasteiger partial charge in [-0.25, -0.2) is 0 Å². The molecule has 0 spiro atoms. The van der Waals surface area contributed by atoms with Crippen LogP contribution in [0.25, 0.3) is 6.08 Å². The summed E-state index contributed by atoms with van der Waals surface area (Å²) in [5, 5.41) is 11.7. The predicted octanol–water partition coefficient (Wildman–Crippen LogP) is 2.52. The van der Waals surface area contributed by atoms with E-state index in [1.807, 2.05) is 51.1 Å². The molecule has 0 fully saturated rings. The number of hydrogen-bond donors (Lipinski definition) is 1. The zero-order chi connectivity index (χ0) is 14.3. The van der Waals surface area contributed by atoms with Gasteiger partial charge < -0.3 is 10.1 Å². The van der Waals surface area contributed by atoms with Crippen LogP contribution in [0.5, 0.6) is 5.75 Å². The second-order valence-electron chi connectivity index (χ2n) is 4.30. The molecule has 4 nitrogen and oxygen atoms in total. The third-order valence-corrected chi connectivity index (χ3v) is 2.29. The molecule has 1 N–H and O–H groups in total. The van der Waals surface area contributed by atoms with E-state index in [0.29, 0.717) is 6.61 Å². The fourth-order valence-corrected chi connectivity index (χ4v) is 1.48. The number of amides is 1. The van der Waals surface area contributed by atoms with E-state index >= 15 is 0 Å². The summed E-state index contributed by atoms with van der Waals surface area (Å²) in [5.41, 5.74) is 0.886. The van der Waals surface area contributed by atoms with Crippen molar-refractivity contribution < 1.29 is 9.53 Å². The largest absolute Gasteiger partial charge is 0.494 e. The fourth-order valence-electron chi connectivity index (χ4n) is 1.48. The van der Waals surface area contributed by atoms with Crippen molar-refractivity contribution >= 4 is 12.0 Å².